The maximum absolute atomic E-state index is 10.0. The van der Waals surface area contributed by atoms with Crippen LogP contribution in [-0.2, 0) is 80.1 Å². The van der Waals surface area contributed by atoms with Crippen LogP contribution in [0.3, 0.4) is 0 Å². The van der Waals surface area contributed by atoms with E-state index in [9.17, 15) is 14.4 Å². The Hall–Kier alpha value is -8.55. The number of nitrogens with zero attached hydrogens (tertiary/aromatic N) is 3. The molecule has 3 radical (unpaired) electrons. The number of hydrogen-bond donors (Lipinski definition) is 3. The molecule has 13 aromatic rings. The van der Waals surface area contributed by atoms with Gasteiger partial charge in [0, 0.05) is 142 Å². The van der Waals surface area contributed by atoms with Crippen LogP contribution >= 0.6 is 34.0 Å². The van der Waals surface area contributed by atoms with Gasteiger partial charge in [0.2, 0.25) is 0 Å². The molecule has 3 N–H and O–H groups in total. The summed E-state index contributed by atoms with van der Waals surface area (Å²) in [4.78, 5) is 47.8. The fraction of sp³-hybridized carbons (Fsp3) is 0.200. The Kier molecular flexibility index (Phi) is 34.3. The first-order chi connectivity index (χ1) is 48.6. The first kappa shape index (κ1) is 87.1. The van der Waals surface area contributed by atoms with Crippen LogP contribution in [0, 0.1) is 32.0 Å². The summed E-state index contributed by atoms with van der Waals surface area (Å²) in [6.45, 7) is 28.7. The van der Waals surface area contributed by atoms with Gasteiger partial charge in [0.1, 0.15) is 0 Å². The van der Waals surface area contributed by atoms with E-state index in [-0.39, 0.29) is 100 Å². The zero-order valence-corrected chi connectivity index (χ0v) is 71.4. The largest absolute Gasteiger partial charge is 0.512 e. The molecule has 13 rings (SSSR count). The van der Waals surface area contributed by atoms with E-state index >= 15 is 0 Å². The normalized spacial score (nSPS) is 11.2. The van der Waals surface area contributed by atoms with Gasteiger partial charge in [0.15, 0.2) is 17.3 Å². The Balaban J connectivity index is 0.000000246. The molecule has 9 nitrogen and oxygen atoms in total. The van der Waals surface area contributed by atoms with Gasteiger partial charge in [-0.15, -0.1) is 142 Å². The van der Waals surface area contributed by atoms with Crippen molar-refractivity contribution in [3.8, 4) is 76.2 Å². The van der Waals surface area contributed by atoms with Gasteiger partial charge in [-0.3, -0.25) is 14.4 Å². The molecular weight excluding hydrogens is 1890 g/mol. The predicted octanol–water partition coefficient (Wildman–Crippen LogP) is 25.2. The second-order valence-electron chi connectivity index (χ2n) is 26.5. The quantitative estimate of drug-likeness (QED) is 0.0617. The Morgan fingerprint density at radius 2 is 0.714 bits per heavy atom. The zero-order valence-electron chi connectivity index (χ0n) is 61.7. The second-order valence-corrected chi connectivity index (χ2v) is 29.8. The maximum Gasteiger partial charge on any atom is 0.155 e. The molecule has 0 amide bonds. The van der Waals surface area contributed by atoms with Crippen LogP contribution in [-0.4, -0.2) is 47.6 Å². The molecule has 0 spiro atoms. The van der Waals surface area contributed by atoms with Crippen LogP contribution in [0.15, 0.2) is 248 Å². The van der Waals surface area contributed by atoms with E-state index in [0.717, 1.165) is 33.8 Å². The maximum atomic E-state index is 10.0. The van der Waals surface area contributed by atoms with Crippen LogP contribution < -0.4 is 0 Å². The van der Waals surface area contributed by atoms with Gasteiger partial charge in [-0.2, -0.15) is 0 Å². The molecule has 15 heteroatoms. The average molecular weight is 1980 g/mol. The minimum absolute atomic E-state index is 0. The van der Waals surface area contributed by atoms with Crippen molar-refractivity contribution >= 4 is 81.6 Å². The topological polar surface area (TPSA) is 151 Å². The molecule has 0 aliphatic carbocycles. The first-order valence-electron chi connectivity index (χ1n) is 33.8. The molecule has 6 aromatic heterocycles. The SMILES string of the molecule is CC(=O)C=C(C)O.CC(=O)C=C(C)O.CC(=O)C=C(C)O.CC(C)(C)c1ccc(-c2cc3cnc(-c4[c-]cccc4)cc3s2)cc1.CC(C)c1cc(-c2cc3cnc(-c4[c-]cccc4)cc3s2)cc(C(C)C)c1.Cc1cccc(C)c1-c1ccc(-c2cc3cnc(-c4[c-]cccc4)cc3s2)cc1.[Ir].[Ir].[Ir]. The van der Waals surface area contributed by atoms with Crippen molar-refractivity contribution in [3.05, 3.63) is 294 Å². The molecule has 547 valence electrons. The first-order valence-corrected chi connectivity index (χ1v) is 36.2. The van der Waals surface area contributed by atoms with Crippen molar-refractivity contribution < 1.29 is 90.0 Å². The number of pyridine rings is 3. The summed E-state index contributed by atoms with van der Waals surface area (Å²) >= 11 is 5.48. The predicted molar refractivity (Wildman–Crippen MR) is 431 cm³/mol. The molecule has 0 aliphatic heterocycles. The number of aliphatic hydroxyl groups excluding tert-OH is 3. The summed E-state index contributed by atoms with van der Waals surface area (Å²) in [6, 6.07) is 78.4. The van der Waals surface area contributed by atoms with E-state index in [1.807, 2.05) is 113 Å². The fourth-order valence-electron chi connectivity index (χ4n) is 10.9. The number of thiophene rings is 3. The summed E-state index contributed by atoms with van der Waals surface area (Å²) in [6.07, 6.45) is 9.42. The van der Waals surface area contributed by atoms with Crippen LogP contribution in [0.2, 0.25) is 0 Å². The molecule has 0 fully saturated rings. The van der Waals surface area contributed by atoms with Crippen LogP contribution in [0.25, 0.3) is 106 Å². The molecule has 7 aromatic carbocycles. The third-order valence-electron chi connectivity index (χ3n) is 16.0. The Morgan fingerprint density at radius 3 is 0.990 bits per heavy atom. The third-order valence-corrected chi connectivity index (χ3v) is 19.4. The van der Waals surface area contributed by atoms with Gasteiger partial charge in [0.25, 0.3) is 0 Å². The van der Waals surface area contributed by atoms with Gasteiger partial charge in [0.05, 0.1) is 17.3 Å². The second kappa shape index (κ2) is 41.4. The molecular formula is C90H88Ir3N3O6S3-3. The number of aryl methyl sites for hydroxylation is 2. The number of benzene rings is 7. The number of rotatable bonds is 12. The van der Waals surface area contributed by atoms with Crippen molar-refractivity contribution in [2.75, 3.05) is 0 Å². The Morgan fingerprint density at radius 1 is 0.400 bits per heavy atom. The van der Waals surface area contributed by atoms with E-state index < -0.39 is 0 Å². The standard InChI is InChI=1S/C27H20NS.C25H24NS.C23H20NS.3C5H8O2.3Ir/c1-18-7-6-8-19(2)27(18)22-13-11-21(12-14-22)25-15-23-17-28-24(16-26(23)29-25)20-9-4-3-5-10-20;1-16(2)19-10-20(17(3)4)12-21(11-19)24-13-22-15-26-23(14-25(22)27-24)18-8-6-5-7-9-18;1-23(2,3)19-11-9-17(10-12-19)21-13-18-15-24-20(14-22(18)25-21)16-7-5-4-6-8-16;3*1-4(6)3-5(2)7;;;/h3-9,11-17H,1-2H3;5-8,10-17H,1-4H3;4-7,9-15H,1-3H3;3*3,6H,1-2H3;;;/q3*-1;;;;;;. The number of aromatic nitrogens is 3. The van der Waals surface area contributed by atoms with Crippen molar-refractivity contribution in [1.82, 2.24) is 15.0 Å². The molecule has 6 heterocycles. The Bertz CT molecular complexity index is 4970. The van der Waals surface area contributed by atoms with Gasteiger partial charge in [-0.05, 0) is 164 Å². The molecule has 0 atom stereocenters. The van der Waals surface area contributed by atoms with Crippen LogP contribution in [0.1, 0.15) is 130 Å². The van der Waals surface area contributed by atoms with E-state index in [1.54, 1.807) is 0 Å². The van der Waals surface area contributed by atoms with Gasteiger partial charge < -0.3 is 30.3 Å². The van der Waals surface area contributed by atoms with E-state index in [4.69, 9.17) is 15.3 Å². The number of fused-ring (bicyclic) bond motifs is 3. The number of hydrogen-bond acceptors (Lipinski definition) is 12. The Labute approximate surface area is 672 Å². The molecule has 0 bridgehead atoms. The number of ketones is 3. The summed E-state index contributed by atoms with van der Waals surface area (Å²) in [7, 11) is 0. The van der Waals surface area contributed by atoms with Crippen LogP contribution in [0.5, 0.6) is 0 Å². The monoisotopic (exact) mass is 1980 g/mol. The molecule has 105 heavy (non-hydrogen) atoms. The average Bonchev–Trinajstić information content (AvgIpc) is 1.67. The van der Waals surface area contributed by atoms with Crippen LogP contribution in [0.4, 0.5) is 0 Å². The summed E-state index contributed by atoms with van der Waals surface area (Å²) in [5.74, 6) is 0.866. The van der Waals surface area contributed by atoms with E-state index in [1.165, 1.54) is 160 Å². The fourth-order valence-corrected chi connectivity index (χ4v) is 14.1. The van der Waals surface area contributed by atoms with E-state index in [2.05, 4.69) is 229 Å². The summed E-state index contributed by atoms with van der Waals surface area (Å²) in [5.41, 5.74) is 19.5. The van der Waals surface area contributed by atoms with Crippen molar-refractivity contribution in [3.63, 3.8) is 0 Å². The molecule has 0 saturated heterocycles. The minimum Gasteiger partial charge on any atom is -0.512 e. The molecule has 0 aliphatic rings. The van der Waals surface area contributed by atoms with Gasteiger partial charge >= 0.3 is 0 Å². The summed E-state index contributed by atoms with van der Waals surface area (Å²) < 4.78 is 3.78. The smallest absolute Gasteiger partial charge is 0.155 e. The van der Waals surface area contributed by atoms with Crippen molar-refractivity contribution in [2.45, 2.75) is 121 Å². The number of allylic oxidation sites excluding steroid dienone is 6. The minimum atomic E-state index is -0.125. The zero-order chi connectivity index (χ0) is 73.8. The molecule has 0 unspecified atom stereocenters. The number of aliphatic hydroxyl groups is 3. The van der Waals surface area contributed by atoms with Crippen molar-refractivity contribution in [2.24, 2.45) is 0 Å². The number of carbonyl (C=O) groups excluding carboxylic acids is 3. The van der Waals surface area contributed by atoms with Crippen molar-refractivity contribution in [1.29, 1.82) is 0 Å². The van der Waals surface area contributed by atoms with Gasteiger partial charge in [-0.25, -0.2) is 0 Å². The summed E-state index contributed by atoms with van der Waals surface area (Å²) in [5, 5.41) is 28.7. The van der Waals surface area contributed by atoms with E-state index in [0.29, 0.717) is 11.8 Å². The third kappa shape index (κ3) is 26.2. The molecule has 0 saturated carbocycles. The number of carbonyl (C=O) groups is 3. The van der Waals surface area contributed by atoms with Gasteiger partial charge in [-0.1, -0.05) is 152 Å².